The fraction of sp³-hybridized carbons (Fsp3) is 0.500. The molecule has 0 bridgehead atoms. The minimum absolute atomic E-state index is 0.00956. The molecular formula is C14H18BrNO2. The molecule has 3 nitrogen and oxygen atoms in total. The molecule has 0 aromatic heterocycles. The number of aryl methyl sites for hydroxylation is 1. The quantitative estimate of drug-likeness (QED) is 0.911. The molecular weight excluding hydrogens is 294 g/mol. The van der Waals surface area contributed by atoms with Crippen molar-refractivity contribution in [1.29, 1.82) is 0 Å². The number of halogens is 1. The van der Waals surface area contributed by atoms with Gasteiger partial charge in [-0.2, -0.15) is 0 Å². The van der Waals surface area contributed by atoms with Gasteiger partial charge in [0, 0.05) is 17.1 Å². The Kier molecular flexibility index (Phi) is 4.40. The number of carbonyl (C=O) groups excluding carboxylic acids is 1. The standard InChI is InChI=1S/C14H18BrNO2/c1-9-3-4-13(15)12(7-9)14(17)16-11-5-6-18-10(2)8-11/h3-4,7,10-11H,5-6,8H2,1-2H3,(H,16,17). The lowest BCUT2D eigenvalue weighted by Gasteiger charge is -2.28. The number of rotatable bonds is 2. The average molecular weight is 312 g/mol. The Hall–Kier alpha value is -0.870. The lowest BCUT2D eigenvalue weighted by atomic mass is 10.0. The maximum absolute atomic E-state index is 12.2. The first kappa shape index (κ1) is 13.6. The van der Waals surface area contributed by atoms with Crippen LogP contribution in [0.25, 0.3) is 0 Å². The Bertz CT molecular complexity index is 447. The summed E-state index contributed by atoms with van der Waals surface area (Å²) in [4.78, 5) is 12.2. The normalized spacial score (nSPS) is 23.7. The summed E-state index contributed by atoms with van der Waals surface area (Å²) in [5, 5.41) is 3.08. The number of benzene rings is 1. The van der Waals surface area contributed by atoms with E-state index in [1.54, 1.807) is 0 Å². The van der Waals surface area contributed by atoms with Gasteiger partial charge < -0.3 is 10.1 Å². The van der Waals surface area contributed by atoms with Gasteiger partial charge in [0.25, 0.3) is 5.91 Å². The third-order valence-electron chi connectivity index (χ3n) is 3.19. The molecule has 1 aliphatic rings. The first-order chi connectivity index (χ1) is 8.56. The second-order valence-electron chi connectivity index (χ2n) is 4.86. The molecule has 1 aliphatic heterocycles. The van der Waals surface area contributed by atoms with E-state index in [1.165, 1.54) is 0 Å². The Labute approximate surface area is 116 Å². The van der Waals surface area contributed by atoms with Crippen molar-refractivity contribution >= 4 is 21.8 Å². The van der Waals surface area contributed by atoms with Crippen LogP contribution < -0.4 is 5.32 Å². The number of carbonyl (C=O) groups is 1. The van der Waals surface area contributed by atoms with Gasteiger partial charge >= 0.3 is 0 Å². The van der Waals surface area contributed by atoms with Crippen molar-refractivity contribution in [1.82, 2.24) is 5.32 Å². The molecule has 1 saturated heterocycles. The van der Waals surface area contributed by atoms with Gasteiger partial charge in [0.05, 0.1) is 11.7 Å². The van der Waals surface area contributed by atoms with Crippen molar-refractivity contribution in [2.75, 3.05) is 6.61 Å². The van der Waals surface area contributed by atoms with Crippen molar-refractivity contribution in [3.63, 3.8) is 0 Å². The minimum atomic E-state index is -0.00956. The topological polar surface area (TPSA) is 38.3 Å². The van der Waals surface area contributed by atoms with Gasteiger partial charge in [0.1, 0.15) is 0 Å². The van der Waals surface area contributed by atoms with Crippen molar-refractivity contribution in [2.24, 2.45) is 0 Å². The molecule has 1 amide bonds. The summed E-state index contributed by atoms with van der Waals surface area (Å²) in [6.45, 7) is 4.75. The van der Waals surface area contributed by atoms with E-state index in [1.807, 2.05) is 32.0 Å². The Morgan fingerprint density at radius 2 is 2.28 bits per heavy atom. The van der Waals surface area contributed by atoms with Crippen molar-refractivity contribution in [2.45, 2.75) is 38.8 Å². The summed E-state index contributed by atoms with van der Waals surface area (Å²) >= 11 is 3.42. The van der Waals surface area contributed by atoms with Crippen LogP contribution in [-0.2, 0) is 4.74 Å². The highest BCUT2D eigenvalue weighted by Gasteiger charge is 2.22. The Morgan fingerprint density at radius 3 is 3.00 bits per heavy atom. The fourth-order valence-electron chi connectivity index (χ4n) is 2.21. The van der Waals surface area contributed by atoms with E-state index in [2.05, 4.69) is 21.2 Å². The zero-order chi connectivity index (χ0) is 13.1. The second-order valence-corrected chi connectivity index (χ2v) is 5.71. The van der Waals surface area contributed by atoms with Crippen LogP contribution in [0.1, 0.15) is 35.7 Å². The SMILES string of the molecule is Cc1ccc(Br)c(C(=O)NC2CCOC(C)C2)c1. The van der Waals surface area contributed by atoms with Gasteiger partial charge in [-0.25, -0.2) is 0 Å². The van der Waals surface area contributed by atoms with Crippen LogP contribution in [0.15, 0.2) is 22.7 Å². The molecule has 2 unspecified atom stereocenters. The summed E-state index contributed by atoms with van der Waals surface area (Å²) in [5.74, 6) is -0.00956. The second kappa shape index (κ2) is 5.85. The molecule has 0 radical (unpaired) electrons. The van der Waals surface area contributed by atoms with Crippen LogP contribution in [0, 0.1) is 6.92 Å². The average Bonchev–Trinajstić information content (AvgIpc) is 2.32. The summed E-state index contributed by atoms with van der Waals surface area (Å²) in [7, 11) is 0. The van der Waals surface area contributed by atoms with E-state index < -0.39 is 0 Å². The van der Waals surface area contributed by atoms with E-state index in [0.717, 1.165) is 29.5 Å². The molecule has 18 heavy (non-hydrogen) atoms. The van der Waals surface area contributed by atoms with Gasteiger partial charge in [0.2, 0.25) is 0 Å². The van der Waals surface area contributed by atoms with E-state index in [4.69, 9.17) is 4.74 Å². The van der Waals surface area contributed by atoms with E-state index in [0.29, 0.717) is 5.56 Å². The molecule has 1 aromatic rings. The first-order valence-electron chi connectivity index (χ1n) is 6.25. The molecule has 4 heteroatoms. The number of ether oxygens (including phenoxy) is 1. The van der Waals surface area contributed by atoms with Crippen LogP contribution in [-0.4, -0.2) is 24.7 Å². The molecule has 0 spiro atoms. The van der Waals surface area contributed by atoms with Gasteiger partial charge in [0.15, 0.2) is 0 Å². The molecule has 2 atom stereocenters. The third kappa shape index (κ3) is 3.33. The van der Waals surface area contributed by atoms with E-state index in [9.17, 15) is 4.79 Å². The molecule has 1 fully saturated rings. The van der Waals surface area contributed by atoms with E-state index >= 15 is 0 Å². The van der Waals surface area contributed by atoms with Gasteiger partial charge in [-0.1, -0.05) is 11.6 Å². The van der Waals surface area contributed by atoms with Crippen LogP contribution in [0.4, 0.5) is 0 Å². The van der Waals surface area contributed by atoms with Gasteiger partial charge in [-0.15, -0.1) is 0 Å². The number of hydrogen-bond acceptors (Lipinski definition) is 2. The highest BCUT2D eigenvalue weighted by atomic mass is 79.9. The lowest BCUT2D eigenvalue weighted by Crippen LogP contribution is -2.41. The summed E-state index contributed by atoms with van der Waals surface area (Å²) in [6, 6.07) is 6.02. The van der Waals surface area contributed by atoms with Crippen LogP contribution in [0.2, 0.25) is 0 Å². The number of nitrogens with one attached hydrogen (secondary N) is 1. The molecule has 1 aromatic carbocycles. The maximum Gasteiger partial charge on any atom is 0.252 e. The zero-order valence-corrected chi connectivity index (χ0v) is 12.3. The summed E-state index contributed by atoms with van der Waals surface area (Å²) in [5.41, 5.74) is 1.79. The van der Waals surface area contributed by atoms with Crippen molar-refractivity contribution in [3.05, 3.63) is 33.8 Å². The van der Waals surface area contributed by atoms with Crippen LogP contribution >= 0.6 is 15.9 Å². The first-order valence-corrected chi connectivity index (χ1v) is 7.04. The molecule has 1 heterocycles. The smallest absolute Gasteiger partial charge is 0.252 e. The molecule has 0 aliphatic carbocycles. The molecule has 1 N–H and O–H groups in total. The van der Waals surface area contributed by atoms with Crippen LogP contribution in [0.5, 0.6) is 0 Å². The van der Waals surface area contributed by atoms with Gasteiger partial charge in [-0.3, -0.25) is 4.79 Å². The summed E-state index contributed by atoms with van der Waals surface area (Å²) in [6.07, 6.45) is 2.00. The Balaban J connectivity index is 2.05. The largest absolute Gasteiger partial charge is 0.378 e. The van der Waals surface area contributed by atoms with Gasteiger partial charge in [-0.05, 0) is 54.8 Å². The van der Waals surface area contributed by atoms with Crippen LogP contribution in [0.3, 0.4) is 0 Å². The van der Waals surface area contributed by atoms with E-state index in [-0.39, 0.29) is 18.1 Å². The Morgan fingerprint density at radius 1 is 1.50 bits per heavy atom. The zero-order valence-electron chi connectivity index (χ0n) is 10.7. The molecule has 98 valence electrons. The monoisotopic (exact) mass is 311 g/mol. The highest BCUT2D eigenvalue weighted by Crippen LogP contribution is 2.19. The third-order valence-corrected chi connectivity index (χ3v) is 3.88. The molecule has 2 rings (SSSR count). The predicted molar refractivity (Wildman–Crippen MR) is 74.8 cm³/mol. The number of hydrogen-bond donors (Lipinski definition) is 1. The van der Waals surface area contributed by atoms with Crippen molar-refractivity contribution in [3.8, 4) is 0 Å². The fourth-order valence-corrected chi connectivity index (χ4v) is 2.63. The van der Waals surface area contributed by atoms with Crippen molar-refractivity contribution < 1.29 is 9.53 Å². The number of amides is 1. The maximum atomic E-state index is 12.2. The molecule has 0 saturated carbocycles. The minimum Gasteiger partial charge on any atom is -0.378 e. The lowest BCUT2D eigenvalue weighted by molar-refractivity contribution is 0.0136. The highest BCUT2D eigenvalue weighted by molar-refractivity contribution is 9.10. The predicted octanol–water partition coefficient (Wildman–Crippen LogP) is 3.05. The summed E-state index contributed by atoms with van der Waals surface area (Å²) < 4.78 is 6.32.